The Hall–Kier alpha value is -0.610. The predicted octanol–water partition coefficient (Wildman–Crippen LogP) is 1.28. The Bertz CT molecular complexity index is 284. The zero-order valence-corrected chi connectivity index (χ0v) is 11.5. The van der Waals surface area contributed by atoms with Gasteiger partial charge in [-0.25, -0.2) is 0 Å². The minimum atomic E-state index is -0.334. The van der Waals surface area contributed by atoms with Crippen LogP contribution in [0, 0.1) is 0 Å². The number of nitrogens with one attached hydrogen (secondary N) is 1. The van der Waals surface area contributed by atoms with Gasteiger partial charge in [0.15, 0.2) is 0 Å². The summed E-state index contributed by atoms with van der Waals surface area (Å²) in [5.74, 6) is 0.237. The molecule has 2 aliphatic rings. The van der Waals surface area contributed by atoms with E-state index >= 15 is 0 Å². The van der Waals surface area contributed by atoms with Crippen LogP contribution >= 0.6 is 0 Å². The zero-order valence-electron chi connectivity index (χ0n) is 11.5. The van der Waals surface area contributed by atoms with Gasteiger partial charge < -0.3 is 15.3 Å². The van der Waals surface area contributed by atoms with Crippen molar-refractivity contribution in [3.63, 3.8) is 0 Å². The van der Waals surface area contributed by atoms with Crippen LogP contribution < -0.4 is 5.32 Å². The fourth-order valence-corrected chi connectivity index (χ4v) is 3.27. The van der Waals surface area contributed by atoms with Gasteiger partial charge in [-0.1, -0.05) is 13.3 Å². The lowest BCUT2D eigenvalue weighted by atomic mass is 9.86. The lowest BCUT2D eigenvalue weighted by Crippen LogP contribution is -2.59. The van der Waals surface area contributed by atoms with Gasteiger partial charge in [0.25, 0.3) is 0 Å². The second-order valence-electron chi connectivity index (χ2n) is 5.67. The van der Waals surface area contributed by atoms with Gasteiger partial charge in [0.1, 0.15) is 0 Å². The van der Waals surface area contributed by atoms with E-state index in [1.807, 2.05) is 4.90 Å². The van der Waals surface area contributed by atoms with Crippen molar-refractivity contribution in [2.24, 2.45) is 0 Å². The molecule has 0 aromatic rings. The molecule has 0 radical (unpaired) electrons. The number of hydrogen-bond acceptors (Lipinski definition) is 3. The summed E-state index contributed by atoms with van der Waals surface area (Å²) in [6, 6.07) is 0.376. The highest BCUT2D eigenvalue weighted by atomic mass is 16.3. The summed E-state index contributed by atoms with van der Waals surface area (Å²) in [5.41, 5.74) is -0.334. The molecule has 18 heavy (non-hydrogen) atoms. The maximum atomic E-state index is 12.8. The number of nitrogens with zero attached hydrogens (tertiary/aromatic N) is 1. The molecule has 1 unspecified atom stereocenters. The molecule has 1 amide bonds. The first-order valence-corrected chi connectivity index (χ1v) is 7.40. The normalized spacial score (nSPS) is 28.1. The van der Waals surface area contributed by atoms with Crippen LogP contribution in [0.25, 0.3) is 0 Å². The summed E-state index contributed by atoms with van der Waals surface area (Å²) in [6.45, 7) is 3.65. The van der Waals surface area contributed by atoms with Gasteiger partial charge in [-0.2, -0.15) is 0 Å². The van der Waals surface area contributed by atoms with Crippen molar-refractivity contribution < 1.29 is 9.90 Å². The highest BCUT2D eigenvalue weighted by molar-refractivity contribution is 5.87. The van der Waals surface area contributed by atoms with Crippen LogP contribution in [0.1, 0.15) is 51.9 Å². The maximum Gasteiger partial charge on any atom is 0.243 e. The van der Waals surface area contributed by atoms with Gasteiger partial charge in [0.05, 0.1) is 12.1 Å². The second-order valence-corrected chi connectivity index (χ2v) is 5.67. The lowest BCUT2D eigenvalue weighted by molar-refractivity contribution is -0.143. The molecule has 4 heteroatoms. The number of carbonyl (C=O) groups is 1. The van der Waals surface area contributed by atoms with Crippen LogP contribution in [0.3, 0.4) is 0 Å². The Kier molecular flexibility index (Phi) is 4.62. The van der Waals surface area contributed by atoms with E-state index in [0.29, 0.717) is 12.6 Å². The molecule has 0 aromatic heterocycles. The minimum Gasteiger partial charge on any atom is -0.395 e. The third-order valence-corrected chi connectivity index (χ3v) is 4.45. The van der Waals surface area contributed by atoms with E-state index < -0.39 is 0 Å². The molecule has 0 bridgehead atoms. The van der Waals surface area contributed by atoms with Crippen LogP contribution in [0.15, 0.2) is 0 Å². The van der Waals surface area contributed by atoms with E-state index in [0.717, 1.165) is 45.1 Å². The number of amides is 1. The summed E-state index contributed by atoms with van der Waals surface area (Å²) in [4.78, 5) is 14.8. The molecule has 2 fully saturated rings. The second kappa shape index (κ2) is 6.02. The van der Waals surface area contributed by atoms with Crippen molar-refractivity contribution in [2.45, 2.75) is 63.5 Å². The number of carbonyl (C=O) groups excluding carboxylic acids is 1. The first-order chi connectivity index (χ1) is 8.73. The Morgan fingerprint density at radius 2 is 2.22 bits per heavy atom. The summed E-state index contributed by atoms with van der Waals surface area (Å²) in [7, 11) is 0. The Morgan fingerprint density at radius 3 is 2.67 bits per heavy atom. The molecule has 2 N–H and O–H groups in total. The van der Waals surface area contributed by atoms with Gasteiger partial charge in [-0.05, 0) is 45.1 Å². The number of rotatable bonds is 6. The molecule has 1 aliphatic heterocycles. The predicted molar refractivity (Wildman–Crippen MR) is 71.3 cm³/mol. The van der Waals surface area contributed by atoms with Crippen LogP contribution in [0.2, 0.25) is 0 Å². The van der Waals surface area contributed by atoms with Crippen molar-refractivity contribution >= 4 is 5.91 Å². The highest BCUT2D eigenvalue weighted by Crippen LogP contribution is 2.32. The van der Waals surface area contributed by atoms with Gasteiger partial charge >= 0.3 is 0 Å². The summed E-state index contributed by atoms with van der Waals surface area (Å²) >= 11 is 0. The van der Waals surface area contributed by atoms with E-state index in [4.69, 9.17) is 0 Å². The number of aliphatic hydroxyl groups is 1. The largest absolute Gasteiger partial charge is 0.395 e. The fourth-order valence-electron chi connectivity index (χ4n) is 3.27. The van der Waals surface area contributed by atoms with Crippen molar-refractivity contribution in [3.05, 3.63) is 0 Å². The SMILES string of the molecule is CCCC1(C(=O)N(CCO)C2CCC2)CCCN1. The highest BCUT2D eigenvalue weighted by Gasteiger charge is 2.44. The van der Waals surface area contributed by atoms with Gasteiger partial charge in [-0.15, -0.1) is 0 Å². The Balaban J connectivity index is 2.09. The molecule has 1 saturated carbocycles. The molecule has 1 aliphatic carbocycles. The van der Waals surface area contributed by atoms with Crippen LogP contribution in [0.4, 0.5) is 0 Å². The van der Waals surface area contributed by atoms with E-state index in [9.17, 15) is 9.90 Å². The first-order valence-electron chi connectivity index (χ1n) is 7.40. The Morgan fingerprint density at radius 1 is 1.44 bits per heavy atom. The van der Waals surface area contributed by atoms with Crippen LogP contribution in [-0.4, -0.2) is 47.2 Å². The molecular formula is C14H26N2O2. The van der Waals surface area contributed by atoms with Gasteiger partial charge in [0, 0.05) is 12.6 Å². The summed E-state index contributed by atoms with van der Waals surface area (Å²) in [5, 5.41) is 12.6. The lowest BCUT2D eigenvalue weighted by Gasteiger charge is -2.42. The van der Waals surface area contributed by atoms with Crippen molar-refractivity contribution in [3.8, 4) is 0 Å². The van der Waals surface area contributed by atoms with Gasteiger partial charge in [-0.3, -0.25) is 4.79 Å². The fraction of sp³-hybridized carbons (Fsp3) is 0.929. The van der Waals surface area contributed by atoms with Crippen LogP contribution in [0.5, 0.6) is 0 Å². The van der Waals surface area contributed by atoms with Crippen molar-refractivity contribution in [2.75, 3.05) is 19.7 Å². The maximum absolute atomic E-state index is 12.8. The third-order valence-electron chi connectivity index (χ3n) is 4.45. The average molecular weight is 254 g/mol. The molecule has 0 aromatic carbocycles. The molecule has 1 saturated heterocycles. The monoisotopic (exact) mass is 254 g/mol. The average Bonchev–Trinajstić information content (AvgIpc) is 2.75. The van der Waals surface area contributed by atoms with Crippen molar-refractivity contribution in [1.82, 2.24) is 10.2 Å². The molecule has 1 atom stereocenters. The smallest absolute Gasteiger partial charge is 0.243 e. The Labute approximate surface area is 110 Å². The molecule has 0 spiro atoms. The van der Waals surface area contributed by atoms with E-state index in [1.54, 1.807) is 0 Å². The van der Waals surface area contributed by atoms with Gasteiger partial charge in [0.2, 0.25) is 5.91 Å². The van der Waals surface area contributed by atoms with Crippen molar-refractivity contribution in [1.29, 1.82) is 0 Å². The molecular weight excluding hydrogens is 228 g/mol. The standard InChI is InChI=1S/C14H26N2O2/c1-2-7-14(8-4-9-15-14)13(18)16(10-11-17)12-5-3-6-12/h12,15,17H,2-11H2,1H3. The van der Waals surface area contributed by atoms with Crippen LogP contribution in [-0.2, 0) is 4.79 Å². The van der Waals surface area contributed by atoms with E-state index in [2.05, 4.69) is 12.2 Å². The molecule has 104 valence electrons. The first kappa shape index (κ1) is 13.8. The number of hydrogen-bond donors (Lipinski definition) is 2. The third kappa shape index (κ3) is 2.54. The quantitative estimate of drug-likeness (QED) is 0.751. The molecule has 1 heterocycles. The molecule has 4 nitrogen and oxygen atoms in total. The number of aliphatic hydroxyl groups excluding tert-OH is 1. The summed E-state index contributed by atoms with van der Waals surface area (Å²) < 4.78 is 0. The minimum absolute atomic E-state index is 0.0739. The zero-order chi connectivity index (χ0) is 13.0. The van der Waals surface area contributed by atoms with E-state index in [-0.39, 0.29) is 18.1 Å². The van der Waals surface area contributed by atoms with E-state index in [1.165, 1.54) is 6.42 Å². The topological polar surface area (TPSA) is 52.6 Å². The molecule has 2 rings (SSSR count). The summed E-state index contributed by atoms with van der Waals surface area (Å²) in [6.07, 6.45) is 7.41.